The van der Waals surface area contributed by atoms with Gasteiger partial charge in [0.25, 0.3) is 5.91 Å². The molecule has 2 saturated heterocycles. The second-order valence-electron chi connectivity index (χ2n) is 15.5. The molecule has 2 amide bonds. The zero-order chi connectivity index (χ0) is 35.6. The first-order valence-electron chi connectivity index (χ1n) is 18.0. The highest BCUT2D eigenvalue weighted by atomic mass is 28.3. The number of hydrogen-bond acceptors (Lipinski definition) is 9. The van der Waals surface area contributed by atoms with Crippen LogP contribution in [0.2, 0.25) is 25.7 Å². The van der Waals surface area contributed by atoms with Crippen LogP contribution in [0, 0.1) is 0 Å². The fourth-order valence-electron chi connectivity index (χ4n) is 7.20. The molecule has 14 heteroatoms. The Hall–Kier alpha value is -4.37. The van der Waals surface area contributed by atoms with E-state index in [1.54, 1.807) is 18.6 Å². The number of fused-ring (bicyclic) bond motifs is 1. The maximum absolute atomic E-state index is 13.3. The summed E-state index contributed by atoms with van der Waals surface area (Å²) in [6.07, 6.45) is 6.46. The van der Waals surface area contributed by atoms with Crippen molar-refractivity contribution in [2.24, 2.45) is 0 Å². The number of piperidine rings is 1. The molecule has 4 N–H and O–H groups in total. The van der Waals surface area contributed by atoms with Crippen LogP contribution < -0.4 is 20.9 Å². The average molecular weight is 712 g/mol. The van der Waals surface area contributed by atoms with Gasteiger partial charge >= 0.3 is 6.09 Å². The molecule has 270 valence electrons. The van der Waals surface area contributed by atoms with Crippen molar-refractivity contribution >= 4 is 42.6 Å². The monoisotopic (exact) mass is 711 g/mol. The van der Waals surface area contributed by atoms with Crippen LogP contribution in [0.3, 0.4) is 0 Å². The molecule has 1 atom stereocenters. The van der Waals surface area contributed by atoms with E-state index in [4.69, 9.17) is 19.8 Å². The first kappa shape index (κ1) is 35.0. The van der Waals surface area contributed by atoms with Crippen molar-refractivity contribution in [3.8, 4) is 11.3 Å². The third-order valence-corrected chi connectivity index (χ3v) is 11.9. The van der Waals surface area contributed by atoms with E-state index in [2.05, 4.69) is 61.0 Å². The zero-order valence-corrected chi connectivity index (χ0v) is 30.8. The summed E-state index contributed by atoms with van der Waals surface area (Å²) in [5, 5.41) is 19.4. The molecule has 1 aliphatic carbocycles. The van der Waals surface area contributed by atoms with E-state index in [-0.39, 0.29) is 17.5 Å². The summed E-state index contributed by atoms with van der Waals surface area (Å²) in [4.78, 5) is 42.9. The van der Waals surface area contributed by atoms with Crippen LogP contribution in [0.5, 0.6) is 0 Å². The number of benzene rings is 1. The summed E-state index contributed by atoms with van der Waals surface area (Å²) in [7, 11) is -1.25. The first-order valence-corrected chi connectivity index (χ1v) is 21.8. The highest BCUT2D eigenvalue weighted by Gasteiger charge is 2.46. The third-order valence-electron chi connectivity index (χ3n) is 10.1. The van der Waals surface area contributed by atoms with Crippen molar-refractivity contribution in [1.82, 2.24) is 35.1 Å². The molecule has 1 unspecified atom stereocenters. The Balaban J connectivity index is 1.08. The van der Waals surface area contributed by atoms with Crippen LogP contribution in [0.1, 0.15) is 41.7 Å². The summed E-state index contributed by atoms with van der Waals surface area (Å²) in [5.74, 6) is 0.675. The number of amides is 2. The van der Waals surface area contributed by atoms with Crippen molar-refractivity contribution in [2.75, 3.05) is 49.5 Å². The van der Waals surface area contributed by atoms with Crippen LogP contribution in [0.4, 0.5) is 16.3 Å². The Morgan fingerprint density at radius 3 is 2.67 bits per heavy atom. The topological polar surface area (TPSA) is 150 Å². The van der Waals surface area contributed by atoms with E-state index in [0.717, 1.165) is 78.7 Å². The van der Waals surface area contributed by atoms with E-state index in [9.17, 15) is 9.59 Å². The van der Waals surface area contributed by atoms with Gasteiger partial charge in [-0.25, -0.2) is 14.8 Å². The van der Waals surface area contributed by atoms with Gasteiger partial charge in [0.05, 0.1) is 11.1 Å². The van der Waals surface area contributed by atoms with Gasteiger partial charge in [0.1, 0.15) is 30.2 Å². The molecule has 3 aliphatic rings. The summed E-state index contributed by atoms with van der Waals surface area (Å²) in [6.45, 7) is 13.1. The highest BCUT2D eigenvalue weighted by Crippen LogP contribution is 2.40. The maximum atomic E-state index is 13.3. The van der Waals surface area contributed by atoms with Crippen LogP contribution in [0.25, 0.3) is 22.3 Å². The standard InChI is InChI=1S/C37H49N9O4Si/c1-51(2,3)18-17-50-25-46-32(20-30-33(39-24-40-34(30)46)45-16-14-41-37(23-45)11-12-37)27-6-8-28(9-7-27)42-35(47)31-19-26(10-13-38-31)21-44-15-4-5-29(22-44)43-36(48)49/h6-10,13,19-20,24,29,41,43H,4-5,11-12,14-18,21-23,25H2,1-3H3,(H,42,47)(H,48,49). The Bertz CT molecular complexity index is 1870. The fourth-order valence-corrected chi connectivity index (χ4v) is 7.95. The van der Waals surface area contributed by atoms with Crippen molar-refractivity contribution in [2.45, 2.75) is 76.2 Å². The predicted octanol–water partition coefficient (Wildman–Crippen LogP) is 5.23. The number of nitrogens with zero attached hydrogens (tertiary/aromatic N) is 6. The summed E-state index contributed by atoms with van der Waals surface area (Å²) in [5.41, 5.74) is 5.00. The minimum absolute atomic E-state index is 0.0929. The lowest BCUT2D eigenvalue weighted by Crippen LogP contribution is -2.52. The molecule has 2 aliphatic heterocycles. The number of carbonyl (C=O) groups is 2. The zero-order valence-electron chi connectivity index (χ0n) is 29.8. The van der Waals surface area contributed by atoms with Gasteiger partial charge in [0.2, 0.25) is 0 Å². The molecule has 5 heterocycles. The van der Waals surface area contributed by atoms with E-state index >= 15 is 0 Å². The number of anilines is 2. The molecule has 7 rings (SSSR count). The number of carbonyl (C=O) groups excluding carboxylic acids is 1. The molecule has 13 nitrogen and oxygen atoms in total. The maximum Gasteiger partial charge on any atom is 0.404 e. The van der Waals surface area contributed by atoms with E-state index in [0.29, 0.717) is 37.8 Å². The van der Waals surface area contributed by atoms with Crippen LogP contribution in [-0.2, 0) is 18.0 Å². The highest BCUT2D eigenvalue weighted by molar-refractivity contribution is 6.76. The summed E-state index contributed by atoms with van der Waals surface area (Å²) in [6, 6.07) is 14.7. The molecule has 51 heavy (non-hydrogen) atoms. The van der Waals surface area contributed by atoms with E-state index in [1.165, 1.54) is 12.8 Å². The van der Waals surface area contributed by atoms with Gasteiger partial charge in [0.15, 0.2) is 0 Å². The van der Waals surface area contributed by atoms with Crippen LogP contribution >= 0.6 is 0 Å². The molecule has 3 aromatic heterocycles. The van der Waals surface area contributed by atoms with E-state index in [1.807, 2.05) is 30.3 Å². The second kappa shape index (κ2) is 14.7. The lowest BCUT2D eigenvalue weighted by Gasteiger charge is -2.35. The quantitative estimate of drug-likeness (QED) is 0.114. The number of nitrogens with one attached hydrogen (secondary N) is 3. The number of likely N-dealkylation sites (tertiary alicyclic amines) is 1. The smallest absolute Gasteiger partial charge is 0.404 e. The molecule has 1 spiro atoms. The molecule has 1 aromatic carbocycles. The molecular weight excluding hydrogens is 663 g/mol. The van der Waals surface area contributed by atoms with Gasteiger partial charge in [-0.05, 0) is 79.7 Å². The Morgan fingerprint density at radius 1 is 1.08 bits per heavy atom. The lowest BCUT2D eigenvalue weighted by atomic mass is 10.0. The van der Waals surface area contributed by atoms with Crippen molar-refractivity contribution in [1.29, 1.82) is 0 Å². The number of ether oxygens (including phenoxy) is 1. The van der Waals surface area contributed by atoms with Gasteiger partial charge < -0.3 is 35.3 Å². The summed E-state index contributed by atoms with van der Waals surface area (Å²) >= 11 is 0. The van der Waals surface area contributed by atoms with Gasteiger partial charge in [-0.15, -0.1) is 0 Å². The molecule has 1 saturated carbocycles. The van der Waals surface area contributed by atoms with Gasteiger partial charge in [-0.2, -0.15) is 0 Å². The van der Waals surface area contributed by atoms with Crippen LogP contribution in [0.15, 0.2) is 55.0 Å². The Labute approximate surface area is 299 Å². The minimum atomic E-state index is -1.25. The fraction of sp³-hybridized carbons (Fsp3) is 0.486. The third kappa shape index (κ3) is 8.58. The number of hydrogen-bond donors (Lipinski definition) is 4. The Morgan fingerprint density at radius 2 is 1.90 bits per heavy atom. The normalized spacial score (nSPS) is 19.0. The van der Waals surface area contributed by atoms with Crippen LogP contribution in [-0.4, -0.2) is 101 Å². The lowest BCUT2D eigenvalue weighted by molar-refractivity contribution is 0.0909. The molecule has 0 radical (unpaired) electrons. The predicted molar refractivity (Wildman–Crippen MR) is 201 cm³/mol. The number of carboxylic acid groups (broad SMARTS) is 1. The minimum Gasteiger partial charge on any atom is -0.465 e. The number of aromatic nitrogens is 4. The van der Waals surface area contributed by atoms with Crippen molar-refractivity contribution in [3.05, 3.63) is 66.2 Å². The number of rotatable bonds is 12. The number of piperazine rings is 1. The second-order valence-corrected chi connectivity index (χ2v) is 21.1. The summed E-state index contributed by atoms with van der Waals surface area (Å²) < 4.78 is 8.42. The molecule has 3 fully saturated rings. The average Bonchev–Trinajstić information content (AvgIpc) is 3.73. The number of pyridine rings is 1. The molecule has 0 bridgehead atoms. The molecule has 4 aromatic rings. The first-order chi connectivity index (χ1) is 24.5. The molecular formula is C37H49N9O4Si. The van der Waals surface area contributed by atoms with Gasteiger partial charge in [0, 0.05) is 70.9 Å². The Kier molecular flexibility index (Phi) is 10.1. The van der Waals surface area contributed by atoms with Crippen molar-refractivity contribution in [3.63, 3.8) is 0 Å². The largest absolute Gasteiger partial charge is 0.465 e. The van der Waals surface area contributed by atoms with Gasteiger partial charge in [-0.1, -0.05) is 31.8 Å². The van der Waals surface area contributed by atoms with Gasteiger partial charge in [-0.3, -0.25) is 14.7 Å². The SMILES string of the molecule is C[Si](C)(C)CCOCn1c(-c2ccc(NC(=O)c3cc(CN4CCCC(NC(=O)O)C4)ccn3)cc2)cc2c(N3CCNC4(CC4)C3)ncnc21. The van der Waals surface area contributed by atoms with E-state index < -0.39 is 14.2 Å². The van der Waals surface area contributed by atoms with Crippen molar-refractivity contribution < 1.29 is 19.4 Å².